The van der Waals surface area contributed by atoms with Crippen LogP contribution in [0.2, 0.25) is 0 Å². The van der Waals surface area contributed by atoms with E-state index < -0.39 is 9.84 Å². The van der Waals surface area contributed by atoms with Crippen molar-refractivity contribution < 1.29 is 22.4 Å². The van der Waals surface area contributed by atoms with Gasteiger partial charge in [-0.2, -0.15) is 0 Å². The molecule has 10 heteroatoms. The number of anilines is 1. The van der Waals surface area contributed by atoms with E-state index in [2.05, 4.69) is 15.5 Å². The zero-order valence-electron chi connectivity index (χ0n) is 14.7. The molecule has 0 saturated carbocycles. The zero-order chi connectivity index (χ0) is 19.4. The molecule has 8 nitrogen and oxygen atoms in total. The minimum absolute atomic E-state index is 0.00477. The van der Waals surface area contributed by atoms with Gasteiger partial charge in [-0.1, -0.05) is 23.9 Å². The summed E-state index contributed by atoms with van der Waals surface area (Å²) in [6, 6.07) is 6.70. The first-order chi connectivity index (χ1) is 12.8. The summed E-state index contributed by atoms with van der Waals surface area (Å²) in [6.07, 6.45) is 1.03. The molecule has 0 radical (unpaired) electrons. The molecule has 2 heterocycles. The normalized spacial score (nSPS) is 18.3. The number of amides is 1. The molecule has 1 N–H and O–H groups in total. The zero-order valence-corrected chi connectivity index (χ0v) is 16.3. The van der Waals surface area contributed by atoms with Crippen LogP contribution in [0, 0.1) is 5.92 Å². The fourth-order valence-corrected chi connectivity index (χ4v) is 5.24. The van der Waals surface area contributed by atoms with Crippen molar-refractivity contribution in [2.45, 2.75) is 25.0 Å². The molecule has 1 amide bonds. The van der Waals surface area contributed by atoms with E-state index in [-0.39, 0.29) is 40.1 Å². The first-order valence-electron chi connectivity index (χ1n) is 8.37. The Balaban J connectivity index is 1.49. The Kier molecular flexibility index (Phi) is 5.95. The smallest absolute Gasteiger partial charge is 0.277 e. The number of carbonyl (C=O) groups excluding carboxylic acids is 2. The molecule has 2 aromatic rings. The Bertz CT molecular complexity index is 955. The highest BCUT2D eigenvalue weighted by Crippen LogP contribution is 2.24. The summed E-state index contributed by atoms with van der Waals surface area (Å²) in [7, 11) is -2.94. The standard InChI is InChI=1S/C17H19N3O5S2/c1-11(21)13-3-2-4-14(8-13)18-15(22)9-26-17-20-19-16(25-17)7-12-5-6-27(23,24)10-12/h2-4,8,12H,5-7,9-10H2,1H3,(H,18,22)/t12-/m0/s1. The van der Waals surface area contributed by atoms with Crippen molar-refractivity contribution in [1.29, 1.82) is 0 Å². The van der Waals surface area contributed by atoms with Gasteiger partial charge in [0.1, 0.15) is 0 Å². The molecular formula is C17H19N3O5S2. The van der Waals surface area contributed by atoms with Gasteiger partial charge in [-0.15, -0.1) is 10.2 Å². The summed E-state index contributed by atoms with van der Waals surface area (Å²) >= 11 is 1.10. The van der Waals surface area contributed by atoms with Crippen molar-refractivity contribution in [3.05, 3.63) is 35.7 Å². The molecule has 144 valence electrons. The first-order valence-corrected chi connectivity index (χ1v) is 11.2. The highest BCUT2D eigenvalue weighted by molar-refractivity contribution is 7.99. The summed E-state index contributed by atoms with van der Waals surface area (Å²) in [5.74, 6) is 0.484. The summed E-state index contributed by atoms with van der Waals surface area (Å²) in [5, 5.41) is 10.8. The minimum Gasteiger partial charge on any atom is -0.416 e. The Morgan fingerprint density at radius 3 is 2.85 bits per heavy atom. The molecule has 1 fully saturated rings. The number of benzene rings is 1. The fourth-order valence-electron chi connectivity index (χ4n) is 2.80. The van der Waals surface area contributed by atoms with E-state index in [4.69, 9.17) is 4.42 Å². The van der Waals surface area contributed by atoms with Crippen LogP contribution < -0.4 is 5.32 Å². The topological polar surface area (TPSA) is 119 Å². The van der Waals surface area contributed by atoms with E-state index in [1.54, 1.807) is 24.3 Å². The molecule has 1 aromatic carbocycles. The number of carbonyl (C=O) groups is 2. The van der Waals surface area contributed by atoms with Gasteiger partial charge in [-0.3, -0.25) is 9.59 Å². The number of nitrogens with zero attached hydrogens (tertiary/aromatic N) is 2. The van der Waals surface area contributed by atoms with E-state index >= 15 is 0 Å². The SMILES string of the molecule is CC(=O)c1cccc(NC(=O)CSc2nnc(C[C@@H]3CCS(=O)(=O)C3)o2)c1. The van der Waals surface area contributed by atoms with Crippen molar-refractivity contribution >= 4 is 39.0 Å². The van der Waals surface area contributed by atoms with Crippen molar-refractivity contribution in [1.82, 2.24) is 10.2 Å². The number of nitrogens with one attached hydrogen (secondary N) is 1. The lowest BCUT2D eigenvalue weighted by molar-refractivity contribution is -0.113. The van der Waals surface area contributed by atoms with Gasteiger partial charge >= 0.3 is 0 Å². The quantitative estimate of drug-likeness (QED) is 0.544. The highest BCUT2D eigenvalue weighted by Gasteiger charge is 2.29. The van der Waals surface area contributed by atoms with Crippen LogP contribution in [-0.4, -0.2) is 47.6 Å². The average Bonchev–Trinajstić information content (AvgIpc) is 3.19. The number of Topliss-reactive ketones (excluding diaryl/α,β-unsaturated/α-hetero) is 1. The number of aromatic nitrogens is 2. The molecule has 0 unspecified atom stereocenters. The average molecular weight is 409 g/mol. The molecule has 1 atom stereocenters. The Morgan fingerprint density at radius 1 is 1.33 bits per heavy atom. The van der Waals surface area contributed by atoms with Gasteiger partial charge in [0.15, 0.2) is 15.6 Å². The second-order valence-corrected chi connectivity index (χ2v) is 9.56. The first kappa shape index (κ1) is 19.6. The molecule has 1 saturated heterocycles. The molecule has 0 spiro atoms. The fraction of sp³-hybridized carbons (Fsp3) is 0.412. The van der Waals surface area contributed by atoms with Crippen LogP contribution in [0.1, 0.15) is 29.6 Å². The molecule has 1 aliphatic heterocycles. The number of hydrogen-bond donors (Lipinski definition) is 1. The maximum atomic E-state index is 12.1. The Hall–Kier alpha value is -2.20. The van der Waals surface area contributed by atoms with Gasteiger partial charge in [0.25, 0.3) is 5.22 Å². The monoisotopic (exact) mass is 409 g/mol. The maximum absolute atomic E-state index is 12.1. The molecular weight excluding hydrogens is 390 g/mol. The second-order valence-electron chi connectivity index (χ2n) is 6.41. The number of sulfone groups is 1. The number of rotatable bonds is 7. The van der Waals surface area contributed by atoms with Crippen molar-refractivity contribution in [3.63, 3.8) is 0 Å². The Labute approximate surface area is 161 Å². The van der Waals surface area contributed by atoms with Crippen LogP contribution in [0.4, 0.5) is 5.69 Å². The van der Waals surface area contributed by atoms with Crippen LogP contribution in [0.15, 0.2) is 33.9 Å². The van der Waals surface area contributed by atoms with Crippen LogP contribution in [0.5, 0.6) is 0 Å². The van der Waals surface area contributed by atoms with E-state index in [1.165, 1.54) is 6.92 Å². The molecule has 0 bridgehead atoms. The van der Waals surface area contributed by atoms with E-state index in [0.717, 1.165) is 11.8 Å². The largest absolute Gasteiger partial charge is 0.416 e. The second kappa shape index (κ2) is 8.22. The molecule has 27 heavy (non-hydrogen) atoms. The van der Waals surface area contributed by atoms with Crippen LogP contribution in [0.25, 0.3) is 0 Å². The van der Waals surface area contributed by atoms with Gasteiger partial charge in [0.05, 0.1) is 17.3 Å². The molecule has 1 aliphatic rings. The van der Waals surface area contributed by atoms with Gasteiger partial charge in [0, 0.05) is 17.7 Å². The van der Waals surface area contributed by atoms with E-state index in [0.29, 0.717) is 30.0 Å². The number of thioether (sulfide) groups is 1. The highest BCUT2D eigenvalue weighted by atomic mass is 32.2. The van der Waals surface area contributed by atoms with E-state index in [9.17, 15) is 18.0 Å². The van der Waals surface area contributed by atoms with Gasteiger partial charge in [0.2, 0.25) is 11.8 Å². The third kappa shape index (κ3) is 5.64. The van der Waals surface area contributed by atoms with Gasteiger partial charge in [-0.05, 0) is 31.4 Å². The minimum atomic E-state index is -2.94. The lowest BCUT2D eigenvalue weighted by Gasteiger charge is -2.05. The van der Waals surface area contributed by atoms with Crippen LogP contribution in [-0.2, 0) is 21.1 Å². The maximum Gasteiger partial charge on any atom is 0.277 e. The lowest BCUT2D eigenvalue weighted by atomic mass is 10.1. The van der Waals surface area contributed by atoms with Gasteiger partial charge < -0.3 is 9.73 Å². The van der Waals surface area contributed by atoms with Crippen molar-refractivity contribution in [2.24, 2.45) is 5.92 Å². The van der Waals surface area contributed by atoms with E-state index in [1.807, 2.05) is 0 Å². The number of ketones is 1. The third-order valence-corrected chi connectivity index (χ3v) is 6.77. The summed E-state index contributed by atoms with van der Waals surface area (Å²) in [4.78, 5) is 23.4. The molecule has 0 aliphatic carbocycles. The predicted molar refractivity (Wildman–Crippen MR) is 101 cm³/mol. The summed E-state index contributed by atoms with van der Waals surface area (Å²) in [5.41, 5.74) is 1.07. The van der Waals surface area contributed by atoms with Crippen LogP contribution >= 0.6 is 11.8 Å². The molecule has 1 aromatic heterocycles. The predicted octanol–water partition coefficient (Wildman–Crippen LogP) is 1.98. The van der Waals surface area contributed by atoms with Crippen LogP contribution in [0.3, 0.4) is 0 Å². The number of hydrogen-bond acceptors (Lipinski definition) is 8. The lowest BCUT2D eigenvalue weighted by Crippen LogP contribution is -2.14. The summed E-state index contributed by atoms with van der Waals surface area (Å²) < 4.78 is 28.5. The van der Waals surface area contributed by atoms with Crippen molar-refractivity contribution in [3.8, 4) is 0 Å². The van der Waals surface area contributed by atoms with Crippen molar-refractivity contribution in [2.75, 3.05) is 22.6 Å². The third-order valence-electron chi connectivity index (χ3n) is 4.12. The summed E-state index contributed by atoms with van der Waals surface area (Å²) in [6.45, 7) is 1.46. The Morgan fingerprint density at radius 2 is 2.15 bits per heavy atom. The molecule has 3 rings (SSSR count). The van der Waals surface area contributed by atoms with Gasteiger partial charge in [-0.25, -0.2) is 8.42 Å².